The van der Waals surface area contributed by atoms with Crippen LogP contribution in [0.2, 0.25) is 0 Å². The maximum absolute atomic E-state index is 12.4. The van der Waals surface area contributed by atoms with Crippen molar-refractivity contribution >= 4 is 11.7 Å². The van der Waals surface area contributed by atoms with Crippen LogP contribution in [-0.2, 0) is 6.54 Å². The minimum atomic E-state index is -0.220. The maximum atomic E-state index is 12.4. The molecule has 0 aliphatic rings. The van der Waals surface area contributed by atoms with Gasteiger partial charge in [0.05, 0.1) is 31.7 Å². The molecule has 8 nitrogen and oxygen atoms in total. The molecule has 150 valence electrons. The van der Waals surface area contributed by atoms with E-state index in [9.17, 15) is 4.79 Å². The summed E-state index contributed by atoms with van der Waals surface area (Å²) in [5, 5.41) is 6.88. The van der Waals surface area contributed by atoms with Crippen LogP contribution in [0.3, 0.4) is 0 Å². The number of carbonyl (C=O) groups is 1. The van der Waals surface area contributed by atoms with Gasteiger partial charge in [-0.1, -0.05) is 17.3 Å². The van der Waals surface area contributed by atoms with Gasteiger partial charge in [0, 0.05) is 22.8 Å². The number of nitrogens with zero attached hydrogens (tertiary/aromatic N) is 3. The van der Waals surface area contributed by atoms with Crippen molar-refractivity contribution in [2.75, 3.05) is 12.8 Å². The zero-order chi connectivity index (χ0) is 20.9. The summed E-state index contributed by atoms with van der Waals surface area (Å²) in [5.74, 6) is 1.45. The Hall–Kier alpha value is -4.20. The molecule has 30 heavy (non-hydrogen) atoms. The minimum absolute atomic E-state index is 0.220. The van der Waals surface area contributed by atoms with E-state index in [1.807, 2.05) is 24.3 Å². The molecule has 1 amide bonds. The van der Waals surface area contributed by atoms with Crippen molar-refractivity contribution in [1.29, 1.82) is 0 Å². The van der Waals surface area contributed by atoms with Crippen LogP contribution in [0.4, 0.5) is 5.82 Å². The van der Waals surface area contributed by atoms with Crippen molar-refractivity contribution in [2.24, 2.45) is 0 Å². The number of methoxy groups -OCH3 is 1. The topological polar surface area (TPSA) is 116 Å². The number of nitrogens with one attached hydrogen (secondary N) is 1. The molecule has 2 aromatic heterocycles. The third-order valence-electron chi connectivity index (χ3n) is 4.46. The molecule has 0 saturated carbocycles. The van der Waals surface area contributed by atoms with Gasteiger partial charge in [-0.25, -0.2) is 4.98 Å². The summed E-state index contributed by atoms with van der Waals surface area (Å²) < 4.78 is 10.5. The molecule has 0 radical (unpaired) electrons. The Labute approximate surface area is 172 Å². The molecule has 0 unspecified atom stereocenters. The van der Waals surface area contributed by atoms with E-state index in [4.69, 9.17) is 15.0 Å². The first-order valence-electron chi connectivity index (χ1n) is 9.18. The van der Waals surface area contributed by atoms with Crippen molar-refractivity contribution in [3.63, 3.8) is 0 Å². The molecular weight excluding hydrogens is 382 g/mol. The van der Waals surface area contributed by atoms with Crippen LogP contribution in [0.5, 0.6) is 5.75 Å². The zero-order valence-corrected chi connectivity index (χ0v) is 16.2. The van der Waals surface area contributed by atoms with E-state index in [-0.39, 0.29) is 12.5 Å². The Morgan fingerprint density at radius 3 is 2.43 bits per heavy atom. The molecule has 0 atom stereocenters. The van der Waals surface area contributed by atoms with Crippen molar-refractivity contribution in [3.05, 3.63) is 78.3 Å². The van der Waals surface area contributed by atoms with Gasteiger partial charge >= 0.3 is 0 Å². The smallest absolute Gasteiger partial charge is 0.251 e. The van der Waals surface area contributed by atoms with E-state index in [0.717, 1.165) is 16.9 Å². The van der Waals surface area contributed by atoms with Gasteiger partial charge in [-0.2, -0.15) is 0 Å². The summed E-state index contributed by atoms with van der Waals surface area (Å²) in [6.07, 6.45) is 3.10. The normalized spacial score (nSPS) is 10.6. The summed E-state index contributed by atoms with van der Waals surface area (Å²) in [5.41, 5.74) is 9.24. The van der Waals surface area contributed by atoms with Crippen LogP contribution in [0.1, 0.15) is 16.1 Å². The maximum Gasteiger partial charge on any atom is 0.251 e. The number of anilines is 1. The SMILES string of the molecule is COc1ccc(-c2cc(CNC(=O)c3ccc(-c4cncc(N)n4)cc3)on2)cc1. The highest BCUT2D eigenvalue weighted by Gasteiger charge is 2.10. The molecule has 0 spiro atoms. The lowest BCUT2D eigenvalue weighted by Crippen LogP contribution is -2.22. The number of rotatable bonds is 6. The molecule has 2 aromatic carbocycles. The molecule has 3 N–H and O–H groups in total. The van der Waals surface area contributed by atoms with Crippen molar-refractivity contribution in [1.82, 2.24) is 20.4 Å². The molecule has 2 heterocycles. The number of amides is 1. The molecule has 4 aromatic rings. The number of hydrogen-bond acceptors (Lipinski definition) is 7. The van der Waals surface area contributed by atoms with Crippen LogP contribution in [0.25, 0.3) is 22.5 Å². The molecule has 4 rings (SSSR count). The predicted molar refractivity (Wildman–Crippen MR) is 112 cm³/mol. The largest absolute Gasteiger partial charge is 0.497 e. The Balaban J connectivity index is 1.38. The van der Waals surface area contributed by atoms with E-state index in [2.05, 4.69) is 20.4 Å². The van der Waals surface area contributed by atoms with E-state index >= 15 is 0 Å². The summed E-state index contributed by atoms with van der Waals surface area (Å²) in [6, 6.07) is 16.3. The Bertz CT molecular complexity index is 1150. The van der Waals surface area contributed by atoms with Gasteiger partial charge in [0.1, 0.15) is 17.3 Å². The fourth-order valence-corrected chi connectivity index (χ4v) is 2.88. The zero-order valence-electron chi connectivity index (χ0n) is 16.2. The van der Waals surface area contributed by atoms with Gasteiger partial charge in [0.2, 0.25) is 0 Å². The lowest BCUT2D eigenvalue weighted by molar-refractivity contribution is 0.0947. The highest BCUT2D eigenvalue weighted by molar-refractivity contribution is 5.94. The lowest BCUT2D eigenvalue weighted by atomic mass is 10.1. The van der Waals surface area contributed by atoms with Crippen LogP contribution < -0.4 is 15.8 Å². The second-order valence-corrected chi connectivity index (χ2v) is 6.50. The van der Waals surface area contributed by atoms with Crippen LogP contribution in [0.15, 0.2) is 71.5 Å². The highest BCUT2D eigenvalue weighted by atomic mass is 16.5. The standard InChI is InChI=1S/C22H19N5O3/c1-29-17-8-6-14(7-9-17)19-10-18(30-27-19)11-25-22(28)16-4-2-15(3-5-16)20-12-24-13-21(23)26-20/h2-10,12-13H,11H2,1H3,(H2,23,26)(H,25,28). The molecule has 0 bridgehead atoms. The minimum Gasteiger partial charge on any atom is -0.497 e. The number of nitrogens with two attached hydrogens (primary N) is 1. The monoisotopic (exact) mass is 401 g/mol. The first-order valence-corrected chi connectivity index (χ1v) is 9.18. The van der Waals surface area contributed by atoms with E-state index in [0.29, 0.717) is 28.5 Å². The third-order valence-corrected chi connectivity index (χ3v) is 4.46. The number of nitrogen functional groups attached to an aromatic ring is 1. The molecule has 0 fully saturated rings. The van der Waals surface area contributed by atoms with E-state index in [1.165, 1.54) is 6.20 Å². The second kappa shape index (κ2) is 8.44. The van der Waals surface area contributed by atoms with Gasteiger partial charge in [-0.05, 0) is 36.4 Å². The molecule has 0 aliphatic carbocycles. The summed E-state index contributed by atoms with van der Waals surface area (Å²) in [6.45, 7) is 0.227. The molecule has 0 aliphatic heterocycles. The Kier molecular flexibility index (Phi) is 5.38. The predicted octanol–water partition coefficient (Wildman–Crippen LogP) is 3.32. The number of carbonyl (C=O) groups excluding carboxylic acids is 1. The van der Waals surface area contributed by atoms with Gasteiger partial charge in [-0.15, -0.1) is 0 Å². The van der Waals surface area contributed by atoms with E-state index in [1.54, 1.807) is 43.6 Å². The summed E-state index contributed by atoms with van der Waals surface area (Å²) >= 11 is 0. The number of hydrogen-bond donors (Lipinski definition) is 2. The van der Waals surface area contributed by atoms with Gasteiger partial charge < -0.3 is 20.3 Å². The van der Waals surface area contributed by atoms with Crippen LogP contribution in [-0.4, -0.2) is 28.1 Å². The van der Waals surface area contributed by atoms with Gasteiger partial charge in [0.25, 0.3) is 5.91 Å². The quantitative estimate of drug-likeness (QED) is 0.509. The van der Waals surface area contributed by atoms with Crippen molar-refractivity contribution < 1.29 is 14.1 Å². The molecule has 0 saturated heterocycles. The number of ether oxygens (including phenoxy) is 1. The van der Waals surface area contributed by atoms with Crippen LogP contribution in [0, 0.1) is 0 Å². The highest BCUT2D eigenvalue weighted by Crippen LogP contribution is 2.22. The van der Waals surface area contributed by atoms with Gasteiger partial charge in [0.15, 0.2) is 5.76 Å². The Morgan fingerprint density at radius 2 is 1.73 bits per heavy atom. The van der Waals surface area contributed by atoms with Crippen LogP contribution >= 0.6 is 0 Å². The van der Waals surface area contributed by atoms with Gasteiger partial charge in [-0.3, -0.25) is 9.78 Å². The lowest BCUT2D eigenvalue weighted by Gasteiger charge is -2.05. The number of aromatic nitrogens is 3. The summed E-state index contributed by atoms with van der Waals surface area (Å²) in [7, 11) is 1.62. The first-order chi connectivity index (χ1) is 14.6. The fourth-order valence-electron chi connectivity index (χ4n) is 2.88. The molecular formula is C22H19N5O3. The first kappa shape index (κ1) is 19.1. The summed E-state index contributed by atoms with van der Waals surface area (Å²) in [4.78, 5) is 20.7. The molecule has 8 heteroatoms. The van der Waals surface area contributed by atoms with Crippen molar-refractivity contribution in [3.8, 4) is 28.3 Å². The van der Waals surface area contributed by atoms with E-state index < -0.39 is 0 Å². The average molecular weight is 401 g/mol. The fraction of sp³-hybridized carbons (Fsp3) is 0.0909. The second-order valence-electron chi connectivity index (χ2n) is 6.50. The number of benzene rings is 2. The third kappa shape index (κ3) is 4.27. The Morgan fingerprint density at radius 1 is 1.03 bits per heavy atom. The van der Waals surface area contributed by atoms with Crippen molar-refractivity contribution in [2.45, 2.75) is 6.54 Å². The average Bonchev–Trinajstić information content (AvgIpc) is 3.27.